The number of nitrogens with one attached hydrogen (secondary N) is 2. The number of aromatic nitrogens is 3. The van der Waals surface area contributed by atoms with Crippen LogP contribution in [0.2, 0.25) is 10.0 Å². The summed E-state index contributed by atoms with van der Waals surface area (Å²) in [4.78, 5) is 49.8. The van der Waals surface area contributed by atoms with Gasteiger partial charge < -0.3 is 30.1 Å². The van der Waals surface area contributed by atoms with E-state index in [-0.39, 0.29) is 36.6 Å². The minimum atomic E-state index is -0.708. The maximum Gasteiger partial charge on any atom is 0.410 e. The van der Waals surface area contributed by atoms with Crippen molar-refractivity contribution in [2.24, 2.45) is 0 Å². The summed E-state index contributed by atoms with van der Waals surface area (Å²) in [5.74, 6) is 0.280. The number of carbonyl (C=O) groups is 2. The highest BCUT2D eigenvalue weighted by Gasteiger charge is 2.38. The summed E-state index contributed by atoms with van der Waals surface area (Å²) in [6.07, 6.45) is 3.44. The third-order valence-electron chi connectivity index (χ3n) is 10.6. The van der Waals surface area contributed by atoms with Crippen LogP contribution in [0.5, 0.6) is 5.88 Å². The number of halogens is 2. The number of carbonyl (C=O) groups excluding carboxylic acids is 2. The van der Waals surface area contributed by atoms with E-state index in [2.05, 4.69) is 15.6 Å². The molecular formula is C44H48Cl2N6O6. The molecule has 12 nitrogen and oxygen atoms in total. The number of fused-ring (bicyclic) bond motifs is 1. The van der Waals surface area contributed by atoms with Crippen LogP contribution in [0.3, 0.4) is 0 Å². The first-order valence-electron chi connectivity index (χ1n) is 19.4. The molecule has 3 N–H and O–H groups in total. The number of amides is 2. The third kappa shape index (κ3) is 8.85. The Labute approximate surface area is 347 Å². The molecule has 4 heterocycles. The summed E-state index contributed by atoms with van der Waals surface area (Å²) in [5.41, 5.74) is 5.07. The highest BCUT2D eigenvalue weighted by Crippen LogP contribution is 2.43. The van der Waals surface area contributed by atoms with E-state index in [0.717, 1.165) is 11.1 Å². The molecule has 0 radical (unpaired) electrons. The van der Waals surface area contributed by atoms with Gasteiger partial charge in [0.2, 0.25) is 11.8 Å². The number of ether oxygens (including phenoxy) is 2. The standard InChI is InChI=1S/C44H48Cl2N6O6/c1-25-17-27(18-36-48-22-28(41(54)52(25)36)21-47-30-19-44(5,56)20-30)31-9-7-10-32(38(31)45)33-11-8-12-34(39(33)46)35-15-13-26(40(50-35)57-6)23-51(42(55)58-43(2,3)4)24-29-14-16-37(53)49-29/h7-13,15,17-18,22,29-30,47,56H,14,16,19-21,23-24H2,1-6H3,(H,49,53)/t29-,30-,44-/m0/s1. The number of nitrogens with zero attached hydrogens (tertiary/aromatic N) is 4. The van der Waals surface area contributed by atoms with Gasteiger partial charge in [-0.3, -0.25) is 14.0 Å². The molecule has 0 unspecified atom stereocenters. The van der Waals surface area contributed by atoms with Gasteiger partial charge in [0.15, 0.2) is 0 Å². The molecule has 1 saturated heterocycles. The lowest BCUT2D eigenvalue weighted by atomic mass is 9.77. The van der Waals surface area contributed by atoms with E-state index in [1.165, 1.54) is 7.11 Å². The molecule has 304 valence electrons. The first-order chi connectivity index (χ1) is 27.5. The molecule has 1 saturated carbocycles. The van der Waals surface area contributed by atoms with Gasteiger partial charge in [0.1, 0.15) is 11.2 Å². The Morgan fingerprint density at radius 2 is 1.69 bits per heavy atom. The normalized spacial score (nSPS) is 19.2. The summed E-state index contributed by atoms with van der Waals surface area (Å²) < 4.78 is 13.1. The van der Waals surface area contributed by atoms with Crippen molar-refractivity contribution in [3.63, 3.8) is 0 Å². The van der Waals surface area contributed by atoms with Gasteiger partial charge in [-0.1, -0.05) is 59.6 Å². The average molecular weight is 828 g/mol. The minimum Gasteiger partial charge on any atom is -0.481 e. The average Bonchev–Trinajstić information content (AvgIpc) is 3.57. The van der Waals surface area contributed by atoms with Gasteiger partial charge in [0.05, 0.1) is 40.6 Å². The van der Waals surface area contributed by atoms with Crippen molar-refractivity contribution in [2.45, 2.75) is 96.7 Å². The van der Waals surface area contributed by atoms with Crippen molar-refractivity contribution in [3.05, 3.63) is 104 Å². The van der Waals surface area contributed by atoms with Gasteiger partial charge in [-0.05, 0) is 83.7 Å². The maximum absolute atomic E-state index is 13.5. The number of pyridine rings is 2. The van der Waals surface area contributed by atoms with E-state index in [1.54, 1.807) is 15.5 Å². The number of rotatable bonds is 11. The molecule has 14 heteroatoms. The molecule has 2 amide bonds. The highest BCUT2D eigenvalue weighted by molar-refractivity contribution is 6.39. The first kappa shape index (κ1) is 41.2. The van der Waals surface area contributed by atoms with Crippen LogP contribution in [0.15, 0.2) is 71.7 Å². The van der Waals surface area contributed by atoms with Gasteiger partial charge in [-0.25, -0.2) is 14.8 Å². The maximum atomic E-state index is 13.5. The van der Waals surface area contributed by atoms with Crippen LogP contribution < -0.4 is 20.9 Å². The number of aryl methyl sites for hydroxylation is 1. The van der Waals surface area contributed by atoms with E-state index in [4.69, 9.17) is 37.7 Å². The topological polar surface area (TPSA) is 147 Å². The summed E-state index contributed by atoms with van der Waals surface area (Å²) in [6.45, 7) is 9.90. The zero-order valence-electron chi connectivity index (χ0n) is 33.5. The van der Waals surface area contributed by atoms with Crippen molar-refractivity contribution >= 4 is 40.8 Å². The molecule has 1 aliphatic heterocycles. The number of methoxy groups -OCH3 is 1. The van der Waals surface area contributed by atoms with Crippen molar-refractivity contribution < 1.29 is 24.2 Å². The molecule has 2 aliphatic rings. The highest BCUT2D eigenvalue weighted by atomic mass is 35.5. The summed E-state index contributed by atoms with van der Waals surface area (Å²) in [5, 5.41) is 17.3. The number of hydrogen-bond acceptors (Lipinski definition) is 9. The molecule has 0 bridgehead atoms. The Bertz CT molecular complexity index is 2450. The Balaban J connectivity index is 1.15. The second-order valence-corrected chi connectivity index (χ2v) is 17.3. The van der Waals surface area contributed by atoms with Crippen molar-refractivity contribution in [1.29, 1.82) is 0 Å². The first-order valence-corrected chi connectivity index (χ1v) is 20.1. The molecule has 3 aromatic heterocycles. The van der Waals surface area contributed by atoms with E-state index in [9.17, 15) is 19.5 Å². The van der Waals surface area contributed by atoms with Crippen LogP contribution in [0.25, 0.3) is 39.2 Å². The van der Waals surface area contributed by atoms with Gasteiger partial charge in [0.25, 0.3) is 5.56 Å². The van der Waals surface area contributed by atoms with Crippen LogP contribution in [-0.2, 0) is 22.6 Å². The van der Waals surface area contributed by atoms with Gasteiger partial charge in [-0.15, -0.1) is 0 Å². The molecule has 1 atom stereocenters. The summed E-state index contributed by atoms with van der Waals surface area (Å²) in [7, 11) is 1.52. The second-order valence-electron chi connectivity index (χ2n) is 16.5. The zero-order chi connectivity index (χ0) is 41.5. The van der Waals surface area contributed by atoms with Gasteiger partial charge in [-0.2, -0.15) is 0 Å². The monoisotopic (exact) mass is 826 g/mol. The number of aliphatic hydroxyl groups is 1. The van der Waals surface area contributed by atoms with Gasteiger partial charge in [0, 0.05) is 71.3 Å². The molecule has 1 aliphatic carbocycles. The quantitative estimate of drug-likeness (QED) is 0.122. The lowest BCUT2D eigenvalue weighted by molar-refractivity contribution is -0.119. The van der Waals surface area contributed by atoms with Crippen molar-refractivity contribution in [2.75, 3.05) is 13.7 Å². The molecule has 58 heavy (non-hydrogen) atoms. The Morgan fingerprint density at radius 1 is 1.02 bits per heavy atom. The molecule has 0 spiro atoms. The fourth-order valence-electron chi connectivity index (χ4n) is 7.73. The van der Waals surface area contributed by atoms with Crippen LogP contribution in [0.1, 0.15) is 70.2 Å². The minimum absolute atomic E-state index is 0.0382. The third-order valence-corrected chi connectivity index (χ3v) is 11.4. The molecule has 2 fully saturated rings. The van der Waals surface area contributed by atoms with E-state index < -0.39 is 17.3 Å². The van der Waals surface area contributed by atoms with Gasteiger partial charge >= 0.3 is 6.09 Å². The van der Waals surface area contributed by atoms with Crippen molar-refractivity contribution in [3.8, 4) is 39.4 Å². The molecule has 2 aromatic carbocycles. The fourth-order valence-corrected chi connectivity index (χ4v) is 8.39. The Morgan fingerprint density at radius 3 is 2.33 bits per heavy atom. The van der Waals surface area contributed by atoms with E-state index in [1.807, 2.05) is 95.3 Å². The lowest BCUT2D eigenvalue weighted by Crippen LogP contribution is -2.51. The van der Waals surface area contributed by atoms with Crippen LogP contribution in [0.4, 0.5) is 4.79 Å². The van der Waals surface area contributed by atoms with Crippen LogP contribution in [0, 0.1) is 6.92 Å². The number of hydrogen-bond donors (Lipinski definition) is 3. The van der Waals surface area contributed by atoms with E-state index >= 15 is 0 Å². The second kappa shape index (κ2) is 16.3. The fraction of sp³-hybridized carbons (Fsp3) is 0.386. The Kier molecular flexibility index (Phi) is 11.6. The summed E-state index contributed by atoms with van der Waals surface area (Å²) in [6, 6.07) is 18.8. The molecular weight excluding hydrogens is 779 g/mol. The lowest BCUT2D eigenvalue weighted by Gasteiger charge is -2.41. The number of benzene rings is 2. The van der Waals surface area contributed by atoms with Crippen molar-refractivity contribution in [1.82, 2.24) is 29.9 Å². The smallest absolute Gasteiger partial charge is 0.410 e. The van der Waals surface area contributed by atoms with Crippen LogP contribution >= 0.6 is 23.2 Å². The molecule has 5 aromatic rings. The zero-order valence-corrected chi connectivity index (χ0v) is 35.0. The largest absolute Gasteiger partial charge is 0.481 e. The van der Waals surface area contributed by atoms with E-state index in [0.29, 0.717) is 93.0 Å². The predicted molar refractivity (Wildman–Crippen MR) is 225 cm³/mol. The SMILES string of the molecule is COc1nc(-c2cccc(-c3cccc(-c4cc(C)n5c(=O)c(CN[C@H]6C[C@](C)(O)C6)cnc5c4)c3Cl)c2Cl)ccc1CN(C[C@@H]1CCC(=O)N1)C(=O)OC(C)(C)C. The molecule has 7 rings (SSSR count). The summed E-state index contributed by atoms with van der Waals surface area (Å²) >= 11 is 14.4. The Hall–Kier alpha value is -5.01. The van der Waals surface area contributed by atoms with Crippen LogP contribution in [-0.4, -0.2) is 73.3 Å². The predicted octanol–water partition coefficient (Wildman–Crippen LogP) is 7.73.